The molecule has 0 heterocycles. The smallest absolute Gasteiger partial charge is 0.200 e. The fraction of sp³-hybridized carbons (Fsp3) is 0.571. The molecule has 1 aromatic carbocycles. The molecule has 0 spiro atoms. The van der Waals surface area contributed by atoms with Gasteiger partial charge in [-0.25, -0.2) is 0 Å². The molecule has 0 unspecified atom stereocenters. The van der Waals surface area contributed by atoms with Gasteiger partial charge in [0.05, 0.1) is 13.2 Å². The topological polar surface area (TPSA) is 38.7 Å². The lowest BCUT2D eigenvalue weighted by atomic mass is 10.2. The van der Waals surface area contributed by atoms with Crippen LogP contribution in [-0.4, -0.2) is 18.3 Å². The number of para-hydroxylation sites is 1. The summed E-state index contributed by atoms with van der Waals surface area (Å²) in [7, 11) is 0. The summed E-state index contributed by atoms with van der Waals surface area (Å²) in [5.74, 6) is 1.91. The van der Waals surface area contributed by atoms with E-state index in [9.17, 15) is 5.11 Å². The first-order valence-electron chi connectivity index (χ1n) is 6.08. The summed E-state index contributed by atoms with van der Waals surface area (Å²) in [5.41, 5.74) is 0. The molecule has 0 atom stereocenters. The van der Waals surface area contributed by atoms with Crippen LogP contribution in [0.5, 0.6) is 17.2 Å². The predicted molar refractivity (Wildman–Crippen MR) is 68.8 cm³/mol. The number of rotatable bonds is 6. The van der Waals surface area contributed by atoms with E-state index in [4.69, 9.17) is 9.47 Å². The summed E-state index contributed by atoms with van der Waals surface area (Å²) < 4.78 is 11.0. The summed E-state index contributed by atoms with van der Waals surface area (Å²) in [4.78, 5) is 0. The molecule has 96 valence electrons. The molecule has 17 heavy (non-hydrogen) atoms. The maximum Gasteiger partial charge on any atom is 0.200 e. The molecule has 1 aromatic rings. The van der Waals surface area contributed by atoms with Gasteiger partial charge in [0.25, 0.3) is 0 Å². The van der Waals surface area contributed by atoms with Crippen LogP contribution in [0.3, 0.4) is 0 Å². The summed E-state index contributed by atoms with van der Waals surface area (Å²) in [6.07, 6.45) is 0. The average molecular weight is 238 g/mol. The Bertz CT molecular complexity index is 315. The molecule has 0 radical (unpaired) electrons. The van der Waals surface area contributed by atoms with E-state index in [1.165, 1.54) is 0 Å². The van der Waals surface area contributed by atoms with Crippen molar-refractivity contribution in [2.45, 2.75) is 27.7 Å². The Morgan fingerprint density at radius 2 is 1.35 bits per heavy atom. The summed E-state index contributed by atoms with van der Waals surface area (Å²) in [5, 5.41) is 9.96. The fourth-order valence-electron chi connectivity index (χ4n) is 1.25. The summed E-state index contributed by atoms with van der Waals surface area (Å²) >= 11 is 0. The maximum atomic E-state index is 9.96. The van der Waals surface area contributed by atoms with Gasteiger partial charge in [0, 0.05) is 0 Å². The van der Waals surface area contributed by atoms with Crippen molar-refractivity contribution >= 4 is 0 Å². The zero-order valence-corrected chi connectivity index (χ0v) is 11.1. The Morgan fingerprint density at radius 3 is 1.71 bits per heavy atom. The zero-order valence-electron chi connectivity index (χ0n) is 11.1. The molecule has 0 aliphatic heterocycles. The Hall–Kier alpha value is -1.38. The Kier molecular flexibility index (Phi) is 5.13. The number of phenolic OH excluding ortho intramolecular Hbond substituents is 1. The first-order chi connectivity index (χ1) is 8.00. The number of phenols is 1. The number of ether oxygens (including phenoxy) is 2. The van der Waals surface area contributed by atoms with Crippen molar-refractivity contribution in [3.63, 3.8) is 0 Å². The quantitative estimate of drug-likeness (QED) is 0.824. The second kappa shape index (κ2) is 6.38. The van der Waals surface area contributed by atoms with Crippen LogP contribution < -0.4 is 9.47 Å². The fourth-order valence-corrected chi connectivity index (χ4v) is 1.25. The van der Waals surface area contributed by atoms with E-state index < -0.39 is 0 Å². The van der Waals surface area contributed by atoms with Crippen molar-refractivity contribution in [1.29, 1.82) is 0 Å². The number of hydrogen-bond acceptors (Lipinski definition) is 3. The van der Waals surface area contributed by atoms with E-state index >= 15 is 0 Å². The summed E-state index contributed by atoms with van der Waals surface area (Å²) in [6.45, 7) is 9.43. The molecule has 0 saturated carbocycles. The molecule has 0 aliphatic rings. The van der Waals surface area contributed by atoms with Crippen molar-refractivity contribution in [3.05, 3.63) is 18.2 Å². The monoisotopic (exact) mass is 238 g/mol. The number of benzene rings is 1. The molecule has 0 aromatic heterocycles. The molecule has 1 N–H and O–H groups in total. The van der Waals surface area contributed by atoms with Crippen molar-refractivity contribution in [2.24, 2.45) is 11.8 Å². The molecule has 0 fully saturated rings. The van der Waals surface area contributed by atoms with E-state index in [1.54, 1.807) is 12.1 Å². The van der Waals surface area contributed by atoms with Gasteiger partial charge in [-0.1, -0.05) is 33.8 Å². The molecule has 0 aliphatic carbocycles. The van der Waals surface area contributed by atoms with Crippen molar-refractivity contribution in [3.8, 4) is 17.2 Å². The van der Waals surface area contributed by atoms with E-state index in [2.05, 4.69) is 27.7 Å². The maximum absolute atomic E-state index is 9.96. The van der Waals surface area contributed by atoms with Gasteiger partial charge in [-0.05, 0) is 24.0 Å². The third kappa shape index (κ3) is 4.55. The highest BCUT2D eigenvalue weighted by molar-refractivity contribution is 5.49. The minimum absolute atomic E-state index is 0.0915. The van der Waals surface area contributed by atoms with Crippen LogP contribution in [0.2, 0.25) is 0 Å². The van der Waals surface area contributed by atoms with Gasteiger partial charge >= 0.3 is 0 Å². The highest BCUT2D eigenvalue weighted by Crippen LogP contribution is 2.36. The van der Waals surface area contributed by atoms with Gasteiger partial charge in [-0.2, -0.15) is 0 Å². The van der Waals surface area contributed by atoms with Gasteiger partial charge in [-0.3, -0.25) is 0 Å². The van der Waals surface area contributed by atoms with E-state index in [1.807, 2.05) is 6.07 Å². The Morgan fingerprint density at radius 1 is 0.941 bits per heavy atom. The standard InChI is InChI=1S/C14H22O3/c1-10(2)8-16-12-6-5-7-13(14(12)15)17-9-11(3)4/h5-7,10-11,15H,8-9H2,1-4H3. The van der Waals surface area contributed by atoms with E-state index in [-0.39, 0.29) is 5.75 Å². The third-order valence-corrected chi connectivity index (χ3v) is 2.11. The Balaban J connectivity index is 2.69. The van der Waals surface area contributed by atoms with Crippen LogP contribution in [0.1, 0.15) is 27.7 Å². The first kappa shape index (κ1) is 13.7. The minimum Gasteiger partial charge on any atom is -0.502 e. The van der Waals surface area contributed by atoms with Gasteiger partial charge in [0.15, 0.2) is 11.5 Å². The van der Waals surface area contributed by atoms with Crippen LogP contribution in [0, 0.1) is 11.8 Å². The molecule has 0 amide bonds. The molecule has 0 bridgehead atoms. The molecule has 0 saturated heterocycles. The largest absolute Gasteiger partial charge is 0.502 e. The van der Waals surface area contributed by atoms with Crippen LogP contribution in [-0.2, 0) is 0 Å². The van der Waals surface area contributed by atoms with Gasteiger partial charge in [0.2, 0.25) is 5.75 Å². The molecular weight excluding hydrogens is 216 g/mol. The zero-order chi connectivity index (χ0) is 12.8. The van der Waals surface area contributed by atoms with Crippen LogP contribution in [0.15, 0.2) is 18.2 Å². The first-order valence-corrected chi connectivity index (χ1v) is 6.08. The van der Waals surface area contributed by atoms with Crippen LogP contribution in [0.25, 0.3) is 0 Å². The second-order valence-electron chi connectivity index (χ2n) is 5.01. The third-order valence-electron chi connectivity index (χ3n) is 2.11. The second-order valence-corrected chi connectivity index (χ2v) is 5.01. The normalized spacial score (nSPS) is 10.9. The minimum atomic E-state index is 0.0915. The summed E-state index contributed by atoms with van der Waals surface area (Å²) in [6, 6.07) is 5.32. The van der Waals surface area contributed by atoms with Gasteiger partial charge in [-0.15, -0.1) is 0 Å². The lowest BCUT2D eigenvalue weighted by molar-refractivity contribution is 0.238. The lowest BCUT2D eigenvalue weighted by Crippen LogP contribution is -2.06. The van der Waals surface area contributed by atoms with Crippen molar-refractivity contribution < 1.29 is 14.6 Å². The van der Waals surface area contributed by atoms with Crippen LogP contribution >= 0.6 is 0 Å². The Labute approximate surface area is 103 Å². The van der Waals surface area contributed by atoms with Crippen LogP contribution in [0.4, 0.5) is 0 Å². The van der Waals surface area contributed by atoms with E-state index in [0.29, 0.717) is 36.5 Å². The molecule has 3 nitrogen and oxygen atoms in total. The van der Waals surface area contributed by atoms with Crippen molar-refractivity contribution in [2.75, 3.05) is 13.2 Å². The lowest BCUT2D eigenvalue weighted by Gasteiger charge is -2.14. The predicted octanol–water partition coefficient (Wildman–Crippen LogP) is 3.46. The average Bonchev–Trinajstić information content (AvgIpc) is 2.25. The highest BCUT2D eigenvalue weighted by atomic mass is 16.5. The number of hydrogen-bond donors (Lipinski definition) is 1. The highest BCUT2D eigenvalue weighted by Gasteiger charge is 2.10. The van der Waals surface area contributed by atoms with Gasteiger partial charge in [0.1, 0.15) is 0 Å². The molecule has 1 rings (SSSR count). The van der Waals surface area contributed by atoms with E-state index in [0.717, 1.165) is 0 Å². The van der Waals surface area contributed by atoms with Crippen molar-refractivity contribution in [1.82, 2.24) is 0 Å². The molecule has 3 heteroatoms. The molecular formula is C14H22O3. The SMILES string of the molecule is CC(C)COc1cccc(OCC(C)C)c1O. The van der Waals surface area contributed by atoms with Gasteiger partial charge < -0.3 is 14.6 Å². The number of aromatic hydroxyl groups is 1.